The van der Waals surface area contributed by atoms with Gasteiger partial charge in [0.2, 0.25) is 0 Å². The van der Waals surface area contributed by atoms with Gasteiger partial charge in [-0.3, -0.25) is 9.36 Å². The molecule has 166 valence electrons. The van der Waals surface area contributed by atoms with Crippen molar-refractivity contribution in [1.29, 1.82) is 0 Å². The molecule has 0 aliphatic rings. The molecule has 9 heteroatoms. The van der Waals surface area contributed by atoms with E-state index < -0.39 is 0 Å². The molecule has 0 aliphatic heterocycles. The average Bonchev–Trinajstić information content (AvgIpc) is 3.28. The van der Waals surface area contributed by atoms with E-state index in [1.165, 1.54) is 18.0 Å². The fourth-order valence-corrected chi connectivity index (χ4v) is 3.75. The summed E-state index contributed by atoms with van der Waals surface area (Å²) in [6.07, 6.45) is 1.51. The molecule has 0 unspecified atom stereocenters. The smallest absolute Gasteiger partial charge is 0.250 e. The van der Waals surface area contributed by atoms with Crippen molar-refractivity contribution in [3.05, 3.63) is 84.4 Å². The predicted octanol–water partition coefficient (Wildman–Crippen LogP) is 3.89. The first-order valence-corrected chi connectivity index (χ1v) is 11.0. The van der Waals surface area contributed by atoms with Gasteiger partial charge in [-0.1, -0.05) is 42.1 Å². The van der Waals surface area contributed by atoms with Crippen LogP contribution in [0.15, 0.2) is 89.1 Å². The monoisotopic (exact) mass is 459 g/mol. The number of benzene rings is 3. The Morgan fingerprint density at radius 2 is 1.79 bits per heavy atom. The van der Waals surface area contributed by atoms with E-state index in [2.05, 4.69) is 20.7 Å². The Kier molecular flexibility index (Phi) is 7.01. The van der Waals surface area contributed by atoms with E-state index in [-0.39, 0.29) is 17.4 Å². The second-order valence-corrected chi connectivity index (χ2v) is 7.82. The molecule has 0 radical (unpaired) electrons. The molecule has 0 aliphatic carbocycles. The second-order valence-electron chi connectivity index (χ2n) is 6.88. The average molecular weight is 460 g/mol. The van der Waals surface area contributed by atoms with Crippen molar-refractivity contribution < 1.29 is 14.6 Å². The van der Waals surface area contributed by atoms with Crippen LogP contribution in [0, 0.1) is 0 Å². The molecule has 4 rings (SSSR count). The Morgan fingerprint density at radius 1 is 1.06 bits per heavy atom. The lowest BCUT2D eigenvalue weighted by atomic mass is 10.2. The van der Waals surface area contributed by atoms with Gasteiger partial charge < -0.3 is 9.84 Å². The van der Waals surface area contributed by atoms with Crippen LogP contribution < -0.4 is 10.2 Å². The van der Waals surface area contributed by atoms with Crippen LogP contribution in [-0.2, 0) is 4.79 Å². The third-order valence-electron chi connectivity index (χ3n) is 4.62. The van der Waals surface area contributed by atoms with Crippen LogP contribution in [0.4, 0.5) is 0 Å². The zero-order valence-electron chi connectivity index (χ0n) is 17.8. The number of carbonyl (C=O) groups excluding carboxylic acids is 1. The fourth-order valence-electron chi connectivity index (χ4n) is 3.00. The third kappa shape index (κ3) is 5.58. The molecule has 1 amide bonds. The number of carbonyl (C=O) groups is 1. The van der Waals surface area contributed by atoms with Crippen LogP contribution in [-0.4, -0.2) is 44.9 Å². The number of rotatable bonds is 8. The van der Waals surface area contributed by atoms with Gasteiger partial charge in [-0.15, -0.1) is 10.2 Å². The van der Waals surface area contributed by atoms with Gasteiger partial charge >= 0.3 is 0 Å². The van der Waals surface area contributed by atoms with Gasteiger partial charge in [0.15, 0.2) is 11.0 Å². The Balaban J connectivity index is 1.50. The van der Waals surface area contributed by atoms with Gasteiger partial charge in [-0.05, 0) is 54.1 Å². The van der Waals surface area contributed by atoms with E-state index in [1.54, 1.807) is 31.4 Å². The summed E-state index contributed by atoms with van der Waals surface area (Å²) in [6.45, 7) is 0. The summed E-state index contributed by atoms with van der Waals surface area (Å²) in [4.78, 5) is 12.3. The van der Waals surface area contributed by atoms with E-state index in [0.717, 1.165) is 22.6 Å². The SMILES string of the molecule is COc1ccc(-n2c(SCC(=O)N/N=C\c3ccc(O)cc3)nnc2-c2ccccc2)cc1. The molecule has 0 bridgehead atoms. The minimum absolute atomic E-state index is 0.107. The maximum Gasteiger partial charge on any atom is 0.250 e. The molecule has 0 fully saturated rings. The second kappa shape index (κ2) is 10.5. The van der Waals surface area contributed by atoms with E-state index in [9.17, 15) is 9.90 Å². The number of phenolic OH excluding ortho intramolecular Hbond substituents is 1. The highest BCUT2D eigenvalue weighted by Gasteiger charge is 2.17. The first-order chi connectivity index (χ1) is 16.1. The molecule has 3 aromatic carbocycles. The van der Waals surface area contributed by atoms with Crippen molar-refractivity contribution in [1.82, 2.24) is 20.2 Å². The van der Waals surface area contributed by atoms with Crippen LogP contribution in [0.1, 0.15) is 5.56 Å². The standard InChI is InChI=1S/C24H21N5O3S/c1-32-21-13-9-19(10-14-21)29-23(18-5-3-2-4-6-18)27-28-24(29)33-16-22(31)26-25-15-17-7-11-20(30)12-8-17/h2-15,30H,16H2,1H3,(H,26,31)/b25-15-. The summed E-state index contributed by atoms with van der Waals surface area (Å²) in [6, 6.07) is 23.8. The van der Waals surface area contributed by atoms with Gasteiger partial charge in [0, 0.05) is 11.3 Å². The molecule has 1 aromatic heterocycles. The van der Waals surface area contributed by atoms with Crippen molar-refractivity contribution >= 4 is 23.9 Å². The predicted molar refractivity (Wildman–Crippen MR) is 128 cm³/mol. The van der Waals surface area contributed by atoms with Gasteiger partial charge in [0.25, 0.3) is 5.91 Å². The normalized spacial score (nSPS) is 10.9. The Hall–Kier alpha value is -4.11. The van der Waals surface area contributed by atoms with Crippen LogP contribution in [0.5, 0.6) is 11.5 Å². The van der Waals surface area contributed by atoms with Crippen LogP contribution in [0.25, 0.3) is 17.1 Å². The zero-order valence-corrected chi connectivity index (χ0v) is 18.6. The number of aromatic hydroxyl groups is 1. The Morgan fingerprint density at radius 3 is 2.48 bits per heavy atom. The number of hydrogen-bond donors (Lipinski definition) is 2. The molecule has 4 aromatic rings. The summed E-state index contributed by atoms with van der Waals surface area (Å²) in [5.74, 6) is 1.42. The highest BCUT2D eigenvalue weighted by molar-refractivity contribution is 7.99. The lowest BCUT2D eigenvalue weighted by molar-refractivity contribution is -0.118. The fraction of sp³-hybridized carbons (Fsp3) is 0.0833. The lowest BCUT2D eigenvalue weighted by Crippen LogP contribution is -2.20. The molecule has 2 N–H and O–H groups in total. The number of methoxy groups -OCH3 is 1. The van der Waals surface area contributed by atoms with Crippen molar-refractivity contribution in [3.8, 4) is 28.6 Å². The summed E-state index contributed by atoms with van der Waals surface area (Å²) in [5.41, 5.74) is 5.03. The number of hydrogen-bond acceptors (Lipinski definition) is 7. The van der Waals surface area contributed by atoms with Gasteiger partial charge in [0.1, 0.15) is 11.5 Å². The van der Waals surface area contributed by atoms with Gasteiger partial charge in [-0.2, -0.15) is 5.10 Å². The molecule has 0 saturated heterocycles. The minimum atomic E-state index is -0.277. The lowest BCUT2D eigenvalue weighted by Gasteiger charge is -2.11. The maximum atomic E-state index is 12.3. The van der Waals surface area contributed by atoms with Crippen molar-refractivity contribution in [2.45, 2.75) is 5.16 Å². The van der Waals surface area contributed by atoms with E-state index in [4.69, 9.17) is 4.74 Å². The largest absolute Gasteiger partial charge is 0.508 e. The van der Waals surface area contributed by atoms with E-state index in [1.807, 2.05) is 59.2 Å². The number of phenols is 1. The van der Waals surface area contributed by atoms with E-state index >= 15 is 0 Å². The molecule has 1 heterocycles. The highest BCUT2D eigenvalue weighted by Crippen LogP contribution is 2.28. The van der Waals surface area contributed by atoms with E-state index in [0.29, 0.717) is 11.0 Å². The number of aromatic nitrogens is 3. The summed E-state index contributed by atoms with van der Waals surface area (Å²) < 4.78 is 7.17. The number of ether oxygens (including phenoxy) is 1. The Labute approximate surface area is 194 Å². The molecular weight excluding hydrogens is 438 g/mol. The Bertz CT molecular complexity index is 1240. The molecule has 8 nitrogen and oxygen atoms in total. The molecular formula is C24H21N5O3S. The van der Waals surface area contributed by atoms with Gasteiger partial charge in [0.05, 0.1) is 19.1 Å². The number of hydrazone groups is 1. The first kappa shape index (κ1) is 22.1. The van der Waals surface area contributed by atoms with Gasteiger partial charge in [-0.25, -0.2) is 5.43 Å². The first-order valence-electron chi connectivity index (χ1n) is 10.0. The van der Waals surface area contributed by atoms with Crippen molar-refractivity contribution in [2.75, 3.05) is 12.9 Å². The number of amides is 1. The molecule has 0 atom stereocenters. The summed E-state index contributed by atoms with van der Waals surface area (Å²) in [5, 5.41) is 22.6. The van der Waals surface area contributed by atoms with Crippen LogP contribution in [0.2, 0.25) is 0 Å². The summed E-state index contributed by atoms with van der Waals surface area (Å²) in [7, 11) is 1.62. The molecule has 0 spiro atoms. The highest BCUT2D eigenvalue weighted by atomic mass is 32.2. The van der Waals surface area contributed by atoms with Crippen LogP contribution in [0.3, 0.4) is 0 Å². The van der Waals surface area contributed by atoms with Crippen molar-refractivity contribution in [2.24, 2.45) is 5.10 Å². The quantitative estimate of drug-likeness (QED) is 0.235. The number of thioether (sulfide) groups is 1. The number of nitrogens with zero attached hydrogens (tertiary/aromatic N) is 4. The topological polar surface area (TPSA) is 102 Å². The third-order valence-corrected chi connectivity index (χ3v) is 5.55. The summed E-state index contributed by atoms with van der Waals surface area (Å²) >= 11 is 1.26. The molecule has 33 heavy (non-hydrogen) atoms. The minimum Gasteiger partial charge on any atom is -0.508 e. The maximum absolute atomic E-state index is 12.3. The van der Waals surface area contributed by atoms with Crippen molar-refractivity contribution in [3.63, 3.8) is 0 Å². The van der Waals surface area contributed by atoms with Crippen LogP contribution >= 0.6 is 11.8 Å². The number of nitrogens with one attached hydrogen (secondary N) is 1. The zero-order chi connectivity index (χ0) is 23.0. The molecule has 0 saturated carbocycles.